The van der Waals surface area contributed by atoms with Crippen molar-refractivity contribution >= 4 is 21.2 Å². The summed E-state index contributed by atoms with van der Waals surface area (Å²) in [6.07, 6.45) is 5.62. The van der Waals surface area contributed by atoms with Crippen molar-refractivity contribution in [2.24, 2.45) is 0 Å². The number of fused-ring (bicyclic) bond motifs is 1. The van der Waals surface area contributed by atoms with Crippen molar-refractivity contribution in [2.75, 3.05) is 18.6 Å². The van der Waals surface area contributed by atoms with Crippen LogP contribution in [0.15, 0.2) is 11.4 Å². The van der Waals surface area contributed by atoms with Crippen molar-refractivity contribution in [3.05, 3.63) is 21.9 Å². The molecule has 0 spiro atoms. The molecule has 0 saturated heterocycles. The van der Waals surface area contributed by atoms with Gasteiger partial charge in [0.1, 0.15) is 9.84 Å². The molecule has 2 unspecified atom stereocenters. The summed E-state index contributed by atoms with van der Waals surface area (Å²) in [5.74, 6) is 0.761. The summed E-state index contributed by atoms with van der Waals surface area (Å²) in [6.45, 7) is 2.98. The van der Waals surface area contributed by atoms with E-state index in [0.29, 0.717) is 12.3 Å². The summed E-state index contributed by atoms with van der Waals surface area (Å²) in [5, 5.41) is 5.66. The Morgan fingerprint density at radius 3 is 3.00 bits per heavy atom. The molecular weight excluding hydrogens is 278 g/mol. The molecular formula is C14H23NO2S2. The zero-order chi connectivity index (χ0) is 13.9. The van der Waals surface area contributed by atoms with Gasteiger partial charge in [-0.05, 0) is 49.2 Å². The van der Waals surface area contributed by atoms with Gasteiger partial charge in [0.2, 0.25) is 0 Å². The maximum absolute atomic E-state index is 11.4. The maximum Gasteiger partial charge on any atom is 0.147 e. The van der Waals surface area contributed by atoms with E-state index in [1.807, 2.05) is 11.3 Å². The lowest BCUT2D eigenvalue weighted by molar-refractivity contribution is 0.391. The molecule has 5 heteroatoms. The summed E-state index contributed by atoms with van der Waals surface area (Å²) in [5.41, 5.74) is 1.45. The van der Waals surface area contributed by atoms with Crippen LogP contribution >= 0.6 is 11.3 Å². The molecule has 0 aromatic carbocycles. The zero-order valence-corrected chi connectivity index (χ0v) is 13.3. The molecule has 1 heterocycles. The number of sulfone groups is 1. The van der Waals surface area contributed by atoms with E-state index in [0.717, 1.165) is 6.54 Å². The van der Waals surface area contributed by atoms with Gasteiger partial charge in [-0.15, -0.1) is 11.3 Å². The Morgan fingerprint density at radius 1 is 1.53 bits per heavy atom. The third kappa shape index (κ3) is 4.04. The molecule has 108 valence electrons. The minimum Gasteiger partial charge on any atom is -0.314 e. The van der Waals surface area contributed by atoms with Crippen LogP contribution in [0.4, 0.5) is 0 Å². The van der Waals surface area contributed by atoms with E-state index < -0.39 is 9.84 Å². The van der Waals surface area contributed by atoms with Crippen LogP contribution in [0.3, 0.4) is 0 Å². The number of hydrogen-bond acceptors (Lipinski definition) is 4. The molecule has 0 fully saturated rings. The zero-order valence-electron chi connectivity index (χ0n) is 11.7. The van der Waals surface area contributed by atoms with Crippen molar-refractivity contribution in [1.82, 2.24) is 5.32 Å². The number of aryl methyl sites for hydroxylation is 1. The predicted molar refractivity (Wildman–Crippen MR) is 81.8 cm³/mol. The monoisotopic (exact) mass is 301 g/mol. The maximum atomic E-state index is 11.4. The van der Waals surface area contributed by atoms with Crippen molar-refractivity contribution in [3.63, 3.8) is 0 Å². The molecule has 0 saturated carbocycles. The second kappa shape index (κ2) is 6.37. The van der Waals surface area contributed by atoms with Crippen LogP contribution in [0, 0.1) is 0 Å². The lowest BCUT2D eigenvalue weighted by Gasteiger charge is -2.31. The fraction of sp³-hybridized carbons (Fsp3) is 0.714. The van der Waals surface area contributed by atoms with Crippen molar-refractivity contribution in [1.29, 1.82) is 0 Å². The Kier molecular flexibility index (Phi) is 5.03. The van der Waals surface area contributed by atoms with Gasteiger partial charge in [-0.1, -0.05) is 6.92 Å². The molecule has 2 atom stereocenters. The van der Waals surface area contributed by atoms with Gasteiger partial charge in [0.15, 0.2) is 0 Å². The van der Waals surface area contributed by atoms with Gasteiger partial charge in [0, 0.05) is 23.1 Å². The third-order valence-electron chi connectivity index (χ3n) is 3.85. The summed E-state index contributed by atoms with van der Waals surface area (Å²) < 4.78 is 22.8. The van der Waals surface area contributed by atoms with Crippen LogP contribution < -0.4 is 5.32 Å². The Labute approximate surface area is 120 Å². The average Bonchev–Trinajstić information content (AvgIpc) is 2.81. The molecule has 3 nitrogen and oxygen atoms in total. The van der Waals surface area contributed by atoms with Gasteiger partial charge in [0.25, 0.3) is 0 Å². The molecule has 1 N–H and O–H groups in total. The summed E-state index contributed by atoms with van der Waals surface area (Å²) in [6, 6.07) is 2.52. The number of hydrogen-bond donors (Lipinski definition) is 1. The Bertz CT molecular complexity index is 507. The summed E-state index contributed by atoms with van der Waals surface area (Å²) in [7, 11) is -2.88. The third-order valence-corrected chi connectivity index (χ3v) is 5.82. The van der Waals surface area contributed by atoms with E-state index in [1.165, 1.54) is 36.0 Å². The van der Waals surface area contributed by atoms with E-state index in [1.54, 1.807) is 0 Å². The highest BCUT2D eigenvalue weighted by atomic mass is 32.2. The standard InChI is InChI=1S/C14H23NO2S2/c1-3-15-13(8-10-19(2,16)17)11-5-4-6-14-12(11)7-9-18-14/h7,9,11,13,15H,3-6,8,10H2,1-2H3. The number of thiophene rings is 1. The smallest absolute Gasteiger partial charge is 0.147 e. The topological polar surface area (TPSA) is 46.2 Å². The van der Waals surface area contributed by atoms with Gasteiger partial charge in [-0.25, -0.2) is 8.42 Å². The van der Waals surface area contributed by atoms with Gasteiger partial charge in [-0.2, -0.15) is 0 Å². The average molecular weight is 301 g/mol. The molecule has 1 aromatic rings. The van der Waals surface area contributed by atoms with Gasteiger partial charge in [0.05, 0.1) is 5.75 Å². The first kappa shape index (κ1) is 15.0. The highest BCUT2D eigenvalue weighted by Crippen LogP contribution is 2.37. The van der Waals surface area contributed by atoms with Crippen LogP contribution in [-0.2, 0) is 16.3 Å². The predicted octanol–water partition coefficient (Wildman–Crippen LogP) is 2.58. The van der Waals surface area contributed by atoms with Crippen LogP contribution in [0.2, 0.25) is 0 Å². The molecule has 0 amide bonds. The molecule has 1 aliphatic carbocycles. The highest BCUT2D eigenvalue weighted by molar-refractivity contribution is 7.90. The fourth-order valence-corrected chi connectivity index (χ4v) is 4.67. The van der Waals surface area contributed by atoms with E-state index in [-0.39, 0.29) is 11.8 Å². The minimum absolute atomic E-state index is 0.278. The van der Waals surface area contributed by atoms with Gasteiger partial charge >= 0.3 is 0 Å². The molecule has 0 radical (unpaired) electrons. The summed E-state index contributed by atoms with van der Waals surface area (Å²) >= 11 is 1.84. The van der Waals surface area contributed by atoms with Crippen LogP contribution in [0.25, 0.3) is 0 Å². The van der Waals surface area contributed by atoms with E-state index in [4.69, 9.17) is 0 Å². The Hall–Kier alpha value is -0.390. The first-order valence-corrected chi connectivity index (χ1v) is 9.92. The lowest BCUT2D eigenvalue weighted by Crippen LogP contribution is -2.37. The molecule has 0 aliphatic heterocycles. The van der Waals surface area contributed by atoms with Crippen LogP contribution in [-0.4, -0.2) is 33.0 Å². The second-order valence-electron chi connectivity index (χ2n) is 5.38. The van der Waals surface area contributed by atoms with E-state index >= 15 is 0 Å². The van der Waals surface area contributed by atoms with E-state index in [2.05, 4.69) is 23.7 Å². The molecule has 0 bridgehead atoms. The Balaban J connectivity index is 2.12. The van der Waals surface area contributed by atoms with Crippen molar-refractivity contribution in [2.45, 2.75) is 44.6 Å². The first-order chi connectivity index (χ1) is 9.01. The lowest BCUT2D eigenvalue weighted by atomic mass is 9.81. The van der Waals surface area contributed by atoms with Crippen LogP contribution in [0.1, 0.15) is 42.5 Å². The summed E-state index contributed by atoms with van der Waals surface area (Å²) in [4.78, 5) is 1.50. The minimum atomic E-state index is -2.88. The van der Waals surface area contributed by atoms with Gasteiger partial charge < -0.3 is 5.32 Å². The van der Waals surface area contributed by atoms with E-state index in [9.17, 15) is 8.42 Å². The quantitative estimate of drug-likeness (QED) is 0.878. The second-order valence-corrected chi connectivity index (χ2v) is 8.64. The van der Waals surface area contributed by atoms with Crippen molar-refractivity contribution in [3.8, 4) is 0 Å². The fourth-order valence-electron chi connectivity index (χ4n) is 2.99. The van der Waals surface area contributed by atoms with Gasteiger partial charge in [-0.3, -0.25) is 0 Å². The molecule has 1 aromatic heterocycles. The number of nitrogens with one attached hydrogen (secondary N) is 1. The molecule has 2 rings (SSSR count). The number of rotatable bonds is 6. The van der Waals surface area contributed by atoms with Crippen LogP contribution in [0.5, 0.6) is 0 Å². The SMILES string of the molecule is CCNC(CCS(C)(=O)=O)C1CCCc2sccc21. The normalized spacial score (nSPS) is 21.1. The Morgan fingerprint density at radius 2 is 2.32 bits per heavy atom. The molecule has 1 aliphatic rings. The van der Waals surface area contributed by atoms with Crippen molar-refractivity contribution < 1.29 is 8.42 Å². The highest BCUT2D eigenvalue weighted by Gasteiger charge is 2.28. The largest absolute Gasteiger partial charge is 0.314 e. The number of likely N-dealkylation sites (N-methyl/N-ethyl adjacent to an activating group) is 1. The molecule has 19 heavy (non-hydrogen) atoms. The first-order valence-electron chi connectivity index (χ1n) is 6.98.